The number of hydrogen-bond acceptors (Lipinski definition) is 5. The minimum atomic E-state index is -0.286. The summed E-state index contributed by atoms with van der Waals surface area (Å²) in [7, 11) is 1.91. The summed E-state index contributed by atoms with van der Waals surface area (Å²) >= 11 is 0. The maximum Gasteiger partial charge on any atom is 0.276 e. The van der Waals surface area contributed by atoms with Crippen LogP contribution >= 0.6 is 0 Å². The zero-order valence-corrected chi connectivity index (χ0v) is 15.4. The molecule has 0 fully saturated rings. The second-order valence-corrected chi connectivity index (χ2v) is 6.18. The van der Waals surface area contributed by atoms with Gasteiger partial charge in [-0.2, -0.15) is 0 Å². The van der Waals surface area contributed by atoms with Crippen molar-refractivity contribution in [3.63, 3.8) is 0 Å². The molecule has 0 aliphatic carbocycles. The molecule has 27 heavy (non-hydrogen) atoms. The Morgan fingerprint density at radius 3 is 2.56 bits per heavy atom. The molecule has 0 spiro atoms. The van der Waals surface area contributed by atoms with Gasteiger partial charge in [0.1, 0.15) is 12.4 Å². The van der Waals surface area contributed by atoms with E-state index in [1.165, 1.54) is 0 Å². The summed E-state index contributed by atoms with van der Waals surface area (Å²) in [5, 5.41) is 11.0. The van der Waals surface area contributed by atoms with Crippen molar-refractivity contribution in [3.8, 4) is 5.75 Å². The summed E-state index contributed by atoms with van der Waals surface area (Å²) in [5.41, 5.74) is 2.15. The van der Waals surface area contributed by atoms with Gasteiger partial charge >= 0.3 is 0 Å². The monoisotopic (exact) mass is 362 g/mol. The standard InChI is InChI=1S/C21H22N4O2/c1-16-7-6-10-18(15-16)27-14-13-25(2)20-12-11-19(23-24-20)21(26)22-17-8-4-3-5-9-17/h3-12,15H,13-14H2,1-2H3,(H,22,26). The van der Waals surface area contributed by atoms with Gasteiger partial charge in [-0.15, -0.1) is 10.2 Å². The summed E-state index contributed by atoms with van der Waals surface area (Å²) in [6, 6.07) is 20.6. The number of hydrogen-bond donors (Lipinski definition) is 1. The van der Waals surface area contributed by atoms with Gasteiger partial charge in [-0.05, 0) is 48.9 Å². The molecule has 0 aliphatic heterocycles. The van der Waals surface area contributed by atoms with Gasteiger partial charge in [0.05, 0.1) is 6.54 Å². The molecular formula is C21H22N4O2. The SMILES string of the molecule is Cc1cccc(OCCN(C)c2ccc(C(=O)Nc3ccccc3)nn2)c1. The number of aryl methyl sites for hydroxylation is 1. The Kier molecular flexibility index (Phi) is 5.99. The largest absolute Gasteiger partial charge is 0.492 e. The van der Waals surface area contributed by atoms with Crippen LogP contribution in [0.15, 0.2) is 66.7 Å². The smallest absolute Gasteiger partial charge is 0.276 e. The zero-order valence-electron chi connectivity index (χ0n) is 15.4. The van der Waals surface area contributed by atoms with Crippen LogP contribution in [0.25, 0.3) is 0 Å². The van der Waals surface area contributed by atoms with E-state index >= 15 is 0 Å². The minimum absolute atomic E-state index is 0.270. The number of nitrogens with one attached hydrogen (secondary N) is 1. The van der Waals surface area contributed by atoms with Gasteiger partial charge in [0, 0.05) is 12.7 Å². The third-order valence-corrected chi connectivity index (χ3v) is 3.99. The lowest BCUT2D eigenvalue weighted by Crippen LogP contribution is -2.25. The molecule has 0 bridgehead atoms. The van der Waals surface area contributed by atoms with E-state index in [0.29, 0.717) is 19.0 Å². The Hall–Kier alpha value is -3.41. The fraction of sp³-hybridized carbons (Fsp3) is 0.190. The second-order valence-electron chi connectivity index (χ2n) is 6.18. The van der Waals surface area contributed by atoms with Crippen LogP contribution in [0.4, 0.5) is 11.5 Å². The van der Waals surface area contributed by atoms with Gasteiger partial charge in [-0.25, -0.2) is 0 Å². The van der Waals surface area contributed by atoms with Gasteiger partial charge in [-0.1, -0.05) is 30.3 Å². The highest BCUT2D eigenvalue weighted by Crippen LogP contribution is 2.13. The fourth-order valence-electron chi connectivity index (χ4n) is 2.49. The molecule has 6 heteroatoms. The predicted molar refractivity (Wildman–Crippen MR) is 106 cm³/mol. The lowest BCUT2D eigenvalue weighted by molar-refractivity contribution is 0.102. The van der Waals surface area contributed by atoms with Crippen LogP contribution in [0.2, 0.25) is 0 Å². The molecule has 0 aliphatic rings. The van der Waals surface area contributed by atoms with Gasteiger partial charge in [0.2, 0.25) is 0 Å². The molecule has 138 valence electrons. The van der Waals surface area contributed by atoms with Crippen LogP contribution in [0.5, 0.6) is 5.75 Å². The number of nitrogens with zero attached hydrogens (tertiary/aromatic N) is 3. The molecule has 1 aromatic heterocycles. The lowest BCUT2D eigenvalue weighted by atomic mass is 10.2. The topological polar surface area (TPSA) is 67.3 Å². The van der Waals surface area contributed by atoms with Crippen molar-refractivity contribution in [2.75, 3.05) is 30.4 Å². The normalized spacial score (nSPS) is 10.3. The summed E-state index contributed by atoms with van der Waals surface area (Å²) in [6.07, 6.45) is 0. The van der Waals surface area contributed by atoms with Crippen LogP contribution in [0.1, 0.15) is 16.1 Å². The summed E-state index contributed by atoms with van der Waals surface area (Å²) in [6.45, 7) is 3.21. The van der Waals surface area contributed by atoms with Crippen LogP contribution in [0, 0.1) is 6.92 Å². The van der Waals surface area contributed by atoms with Crippen molar-refractivity contribution in [2.24, 2.45) is 0 Å². The molecule has 1 amide bonds. The van der Waals surface area contributed by atoms with Gasteiger partial charge in [-0.3, -0.25) is 4.79 Å². The number of carbonyl (C=O) groups is 1. The molecule has 0 unspecified atom stereocenters. The van der Waals surface area contributed by atoms with Crippen LogP contribution in [-0.2, 0) is 0 Å². The maximum absolute atomic E-state index is 12.2. The molecule has 1 N–H and O–H groups in total. The zero-order chi connectivity index (χ0) is 19.1. The first-order chi connectivity index (χ1) is 13.1. The van der Waals surface area contributed by atoms with Crippen molar-refractivity contribution in [3.05, 3.63) is 78.0 Å². The second kappa shape index (κ2) is 8.80. The van der Waals surface area contributed by atoms with Gasteiger partial charge in [0.25, 0.3) is 5.91 Å². The average molecular weight is 362 g/mol. The molecule has 3 rings (SSSR count). The van der Waals surface area contributed by atoms with E-state index in [4.69, 9.17) is 4.74 Å². The Morgan fingerprint density at radius 1 is 1.04 bits per heavy atom. The minimum Gasteiger partial charge on any atom is -0.492 e. The molecule has 2 aromatic carbocycles. The number of rotatable bonds is 7. The first-order valence-electron chi connectivity index (χ1n) is 8.72. The molecule has 6 nitrogen and oxygen atoms in total. The summed E-state index contributed by atoms with van der Waals surface area (Å²) in [5.74, 6) is 1.24. The highest BCUT2D eigenvalue weighted by atomic mass is 16.5. The number of carbonyl (C=O) groups excluding carboxylic acids is 1. The predicted octanol–water partition coefficient (Wildman–Crippen LogP) is 3.55. The van der Waals surface area contributed by atoms with Crippen molar-refractivity contribution in [1.82, 2.24) is 10.2 Å². The first kappa shape index (κ1) is 18.4. The maximum atomic E-state index is 12.2. The summed E-state index contributed by atoms with van der Waals surface area (Å²) < 4.78 is 5.75. The number of para-hydroxylation sites is 1. The van der Waals surface area contributed by atoms with E-state index in [-0.39, 0.29) is 11.6 Å². The van der Waals surface area contributed by atoms with E-state index in [0.717, 1.165) is 17.0 Å². The van der Waals surface area contributed by atoms with Crippen molar-refractivity contribution < 1.29 is 9.53 Å². The fourth-order valence-corrected chi connectivity index (χ4v) is 2.49. The molecule has 0 saturated carbocycles. The number of aromatic nitrogens is 2. The lowest BCUT2D eigenvalue weighted by Gasteiger charge is -2.18. The quantitative estimate of drug-likeness (QED) is 0.696. The van der Waals surface area contributed by atoms with Crippen molar-refractivity contribution in [2.45, 2.75) is 6.92 Å². The number of benzene rings is 2. The molecule has 1 heterocycles. The van der Waals surface area contributed by atoms with Gasteiger partial charge in [0.15, 0.2) is 11.5 Å². The van der Waals surface area contributed by atoms with E-state index in [9.17, 15) is 4.79 Å². The third kappa shape index (κ3) is 5.28. The average Bonchev–Trinajstić information content (AvgIpc) is 2.69. The third-order valence-electron chi connectivity index (χ3n) is 3.99. The van der Waals surface area contributed by atoms with Crippen molar-refractivity contribution in [1.29, 1.82) is 0 Å². The van der Waals surface area contributed by atoms with Crippen LogP contribution in [-0.4, -0.2) is 36.3 Å². The molecule has 0 radical (unpaired) electrons. The Morgan fingerprint density at radius 2 is 1.85 bits per heavy atom. The highest BCUT2D eigenvalue weighted by Gasteiger charge is 2.10. The number of ether oxygens (including phenoxy) is 1. The molecule has 0 atom stereocenters. The van der Waals surface area contributed by atoms with Gasteiger partial charge < -0.3 is 15.0 Å². The molecular weight excluding hydrogens is 340 g/mol. The Balaban J connectivity index is 1.52. The summed E-state index contributed by atoms with van der Waals surface area (Å²) in [4.78, 5) is 14.1. The van der Waals surface area contributed by atoms with Crippen LogP contribution in [0.3, 0.4) is 0 Å². The molecule has 0 saturated heterocycles. The highest BCUT2D eigenvalue weighted by molar-refractivity contribution is 6.02. The first-order valence-corrected chi connectivity index (χ1v) is 8.72. The van der Waals surface area contributed by atoms with E-state index in [1.807, 2.05) is 73.5 Å². The van der Waals surface area contributed by atoms with Crippen LogP contribution < -0.4 is 15.0 Å². The van der Waals surface area contributed by atoms with Crippen molar-refractivity contribution >= 4 is 17.4 Å². The number of amides is 1. The van der Waals surface area contributed by atoms with E-state index in [1.54, 1.807) is 12.1 Å². The van der Waals surface area contributed by atoms with E-state index in [2.05, 4.69) is 15.5 Å². The Bertz CT molecular complexity index is 882. The number of likely N-dealkylation sites (N-methyl/N-ethyl adjacent to an activating group) is 1. The van der Waals surface area contributed by atoms with E-state index < -0.39 is 0 Å². The number of anilines is 2. The Labute approximate surface area is 158 Å². The molecule has 3 aromatic rings.